The summed E-state index contributed by atoms with van der Waals surface area (Å²) in [6, 6.07) is 9.54. The molecule has 2 heterocycles. The first-order chi connectivity index (χ1) is 13.4. The van der Waals surface area contributed by atoms with Gasteiger partial charge in [-0.15, -0.1) is 0 Å². The van der Waals surface area contributed by atoms with Crippen LogP contribution in [0, 0.1) is 0 Å². The van der Waals surface area contributed by atoms with Crippen LogP contribution in [0.15, 0.2) is 35.1 Å². The number of benzene rings is 1. The fourth-order valence-corrected chi connectivity index (χ4v) is 3.32. The van der Waals surface area contributed by atoms with Gasteiger partial charge in [-0.1, -0.05) is 24.3 Å². The number of nitrogens with zero attached hydrogens (tertiary/aromatic N) is 3. The molecule has 7 heteroatoms. The molecule has 1 fully saturated rings. The number of hydrogen-bond acceptors (Lipinski definition) is 5. The average molecular weight is 384 g/mol. The van der Waals surface area contributed by atoms with E-state index in [1.54, 1.807) is 25.1 Å². The Kier molecular flexibility index (Phi) is 6.59. The monoisotopic (exact) mass is 384 g/mol. The first-order valence-electron chi connectivity index (χ1n) is 9.59. The van der Waals surface area contributed by atoms with Crippen LogP contribution < -0.4 is 5.56 Å². The topological polar surface area (TPSA) is 78.5 Å². The zero-order valence-corrected chi connectivity index (χ0v) is 16.8. The second kappa shape index (κ2) is 9.12. The number of aromatic nitrogens is 2. The molecular formula is C21H28N4O3. The van der Waals surface area contributed by atoms with Crippen LogP contribution >= 0.6 is 0 Å². The number of hydrogen-bond donors (Lipinski definition) is 1. The van der Waals surface area contributed by atoms with E-state index in [0.717, 1.165) is 29.7 Å². The van der Waals surface area contributed by atoms with Gasteiger partial charge < -0.3 is 14.6 Å². The number of rotatable bonds is 6. The number of aromatic amines is 1. The Morgan fingerprint density at radius 1 is 1.18 bits per heavy atom. The fraction of sp³-hybridized carbons (Fsp3) is 0.476. The molecule has 0 unspecified atom stereocenters. The molecule has 0 aliphatic carbocycles. The molecule has 1 saturated heterocycles. The summed E-state index contributed by atoms with van der Waals surface area (Å²) in [4.78, 5) is 35.1. The zero-order chi connectivity index (χ0) is 20.1. The molecule has 1 N–H and O–H groups in total. The minimum absolute atomic E-state index is 0.0748. The van der Waals surface area contributed by atoms with Crippen LogP contribution in [-0.4, -0.2) is 66.6 Å². The molecule has 7 nitrogen and oxygen atoms in total. The van der Waals surface area contributed by atoms with Gasteiger partial charge in [-0.05, 0) is 25.5 Å². The first kappa shape index (κ1) is 20.2. The second-order valence-corrected chi connectivity index (χ2v) is 7.56. The zero-order valence-electron chi connectivity index (χ0n) is 16.8. The lowest BCUT2D eigenvalue weighted by Gasteiger charge is -2.21. The van der Waals surface area contributed by atoms with Crippen LogP contribution in [0.2, 0.25) is 0 Å². The van der Waals surface area contributed by atoms with Crippen molar-refractivity contribution >= 4 is 5.91 Å². The SMILES string of the molecule is CN(CC(=O)N(C)C)Cc1ccc(-c2nc(C3CCOCC3)cc(=O)[nH]2)cc1. The van der Waals surface area contributed by atoms with Gasteiger partial charge in [0.1, 0.15) is 5.82 Å². The van der Waals surface area contributed by atoms with E-state index in [-0.39, 0.29) is 17.4 Å². The van der Waals surface area contributed by atoms with E-state index < -0.39 is 0 Å². The summed E-state index contributed by atoms with van der Waals surface area (Å²) < 4.78 is 5.41. The second-order valence-electron chi connectivity index (χ2n) is 7.56. The molecular weight excluding hydrogens is 356 g/mol. The number of nitrogens with one attached hydrogen (secondary N) is 1. The van der Waals surface area contributed by atoms with Gasteiger partial charge >= 0.3 is 0 Å². The van der Waals surface area contributed by atoms with Gasteiger partial charge in [0.05, 0.1) is 12.2 Å². The number of ether oxygens (including phenoxy) is 1. The number of carbonyl (C=O) groups excluding carboxylic acids is 1. The standard InChI is InChI=1S/C21H28N4O3/c1-24(2)20(27)14-25(3)13-15-4-6-17(7-5-15)21-22-18(12-19(26)23-21)16-8-10-28-11-9-16/h4-7,12,16H,8-11,13-14H2,1-3H3,(H,22,23,26). The van der Waals surface area contributed by atoms with Crippen LogP contribution in [0.25, 0.3) is 11.4 Å². The first-order valence-corrected chi connectivity index (χ1v) is 9.59. The Balaban J connectivity index is 1.71. The molecule has 0 radical (unpaired) electrons. The Morgan fingerprint density at radius 2 is 1.86 bits per heavy atom. The van der Waals surface area contributed by atoms with Gasteiger partial charge in [-0.2, -0.15) is 0 Å². The van der Waals surface area contributed by atoms with Crippen LogP contribution in [0.1, 0.15) is 30.0 Å². The summed E-state index contributed by atoms with van der Waals surface area (Å²) in [6.07, 6.45) is 1.79. The van der Waals surface area contributed by atoms with Gasteiger partial charge in [-0.3, -0.25) is 14.5 Å². The smallest absolute Gasteiger partial charge is 0.251 e. The maximum Gasteiger partial charge on any atom is 0.251 e. The highest BCUT2D eigenvalue weighted by molar-refractivity contribution is 5.77. The van der Waals surface area contributed by atoms with Gasteiger partial charge in [-0.25, -0.2) is 4.98 Å². The van der Waals surface area contributed by atoms with Gasteiger partial charge in [0.2, 0.25) is 5.91 Å². The van der Waals surface area contributed by atoms with E-state index in [1.807, 2.05) is 36.2 Å². The van der Waals surface area contributed by atoms with E-state index in [2.05, 4.69) is 4.98 Å². The summed E-state index contributed by atoms with van der Waals surface area (Å²) >= 11 is 0. The molecule has 3 rings (SSSR count). The molecule has 28 heavy (non-hydrogen) atoms. The van der Waals surface area contributed by atoms with Crippen molar-refractivity contribution < 1.29 is 9.53 Å². The molecule has 0 spiro atoms. The van der Waals surface area contributed by atoms with E-state index in [0.29, 0.717) is 32.1 Å². The Hall–Kier alpha value is -2.51. The molecule has 0 saturated carbocycles. The van der Waals surface area contributed by atoms with Crippen molar-refractivity contribution in [1.82, 2.24) is 19.8 Å². The largest absolute Gasteiger partial charge is 0.381 e. The highest BCUT2D eigenvalue weighted by Crippen LogP contribution is 2.26. The third-order valence-electron chi connectivity index (χ3n) is 4.98. The van der Waals surface area contributed by atoms with Crippen molar-refractivity contribution in [2.45, 2.75) is 25.3 Å². The van der Waals surface area contributed by atoms with Crippen molar-refractivity contribution in [3.05, 3.63) is 51.9 Å². The van der Waals surface area contributed by atoms with Crippen molar-refractivity contribution in [2.24, 2.45) is 0 Å². The van der Waals surface area contributed by atoms with E-state index in [4.69, 9.17) is 9.72 Å². The molecule has 0 bridgehead atoms. The van der Waals surface area contributed by atoms with Gasteiger partial charge in [0.15, 0.2) is 0 Å². The molecule has 1 amide bonds. The molecule has 1 aromatic carbocycles. The average Bonchev–Trinajstić information content (AvgIpc) is 2.68. The third-order valence-corrected chi connectivity index (χ3v) is 4.98. The quantitative estimate of drug-likeness (QED) is 0.822. The van der Waals surface area contributed by atoms with Crippen molar-refractivity contribution in [1.29, 1.82) is 0 Å². The van der Waals surface area contributed by atoms with Crippen LogP contribution in [0.5, 0.6) is 0 Å². The van der Waals surface area contributed by atoms with Crippen LogP contribution in [-0.2, 0) is 16.1 Å². The van der Waals surface area contributed by atoms with Crippen LogP contribution in [0.4, 0.5) is 0 Å². The maximum absolute atomic E-state index is 12.1. The number of amides is 1. The molecule has 150 valence electrons. The van der Waals surface area contributed by atoms with Gasteiger partial charge in [0, 0.05) is 51.4 Å². The fourth-order valence-electron chi connectivity index (χ4n) is 3.32. The Bertz CT molecular complexity index is 855. The highest BCUT2D eigenvalue weighted by Gasteiger charge is 2.18. The maximum atomic E-state index is 12.1. The minimum atomic E-state index is -0.127. The van der Waals surface area contributed by atoms with Gasteiger partial charge in [0.25, 0.3) is 5.56 Å². The molecule has 2 aromatic rings. The lowest BCUT2D eigenvalue weighted by molar-refractivity contribution is -0.129. The molecule has 1 aromatic heterocycles. The summed E-state index contributed by atoms with van der Waals surface area (Å²) in [6.45, 7) is 2.47. The predicted molar refractivity (Wildman–Crippen MR) is 108 cm³/mol. The molecule has 1 aliphatic heterocycles. The number of carbonyl (C=O) groups is 1. The highest BCUT2D eigenvalue weighted by atomic mass is 16.5. The summed E-state index contributed by atoms with van der Waals surface area (Å²) in [5.74, 6) is 0.944. The normalized spacial score (nSPS) is 15.0. The Morgan fingerprint density at radius 3 is 2.50 bits per heavy atom. The van der Waals surface area contributed by atoms with Crippen LogP contribution in [0.3, 0.4) is 0 Å². The number of H-pyrrole nitrogens is 1. The van der Waals surface area contributed by atoms with E-state index in [1.165, 1.54) is 0 Å². The molecule has 1 aliphatic rings. The van der Waals surface area contributed by atoms with Crippen molar-refractivity contribution in [3.63, 3.8) is 0 Å². The summed E-state index contributed by atoms with van der Waals surface area (Å²) in [5.41, 5.74) is 2.69. The lowest BCUT2D eigenvalue weighted by Crippen LogP contribution is -2.34. The van der Waals surface area contributed by atoms with E-state index >= 15 is 0 Å². The lowest BCUT2D eigenvalue weighted by atomic mass is 9.96. The summed E-state index contributed by atoms with van der Waals surface area (Å²) in [7, 11) is 5.44. The Labute approximate surface area is 165 Å². The minimum Gasteiger partial charge on any atom is -0.381 e. The van der Waals surface area contributed by atoms with Crippen molar-refractivity contribution in [2.75, 3.05) is 40.9 Å². The predicted octanol–water partition coefficient (Wildman–Crippen LogP) is 1.85. The molecule has 0 atom stereocenters. The number of likely N-dealkylation sites (N-methyl/N-ethyl adjacent to an activating group) is 2. The van der Waals surface area contributed by atoms with E-state index in [9.17, 15) is 9.59 Å². The summed E-state index contributed by atoms with van der Waals surface area (Å²) in [5, 5.41) is 0. The third kappa shape index (κ3) is 5.27. The van der Waals surface area contributed by atoms with Crippen molar-refractivity contribution in [3.8, 4) is 11.4 Å².